The molecule has 1 heterocycles. The van der Waals surface area contributed by atoms with Crippen LogP contribution in [0.5, 0.6) is 5.75 Å². The first kappa shape index (κ1) is 20.4. The first-order valence-electron chi connectivity index (χ1n) is 9.66. The highest BCUT2D eigenvalue weighted by Gasteiger charge is 2.24. The number of carbonyl (C=O) groups is 1. The lowest BCUT2D eigenvalue weighted by molar-refractivity contribution is -0.115. The Morgan fingerprint density at radius 2 is 1.93 bits per heavy atom. The van der Waals surface area contributed by atoms with E-state index in [9.17, 15) is 4.79 Å². The van der Waals surface area contributed by atoms with Crippen LogP contribution in [0, 0.1) is 19.3 Å². The molecular formula is C22H28N2O3S. The molecule has 0 bridgehead atoms. The Morgan fingerprint density at radius 3 is 2.64 bits per heavy atom. The predicted molar refractivity (Wildman–Crippen MR) is 114 cm³/mol. The number of anilines is 1. The molecule has 2 aromatic rings. The molecule has 0 radical (unpaired) electrons. The minimum absolute atomic E-state index is 0.0909. The van der Waals surface area contributed by atoms with Gasteiger partial charge in [-0.05, 0) is 67.9 Å². The summed E-state index contributed by atoms with van der Waals surface area (Å²) < 4.78 is 10.6. The molecule has 1 aliphatic carbocycles. The van der Waals surface area contributed by atoms with Crippen molar-refractivity contribution in [2.45, 2.75) is 52.4 Å². The minimum Gasteiger partial charge on any atom is -0.496 e. The van der Waals surface area contributed by atoms with Crippen LogP contribution in [0.4, 0.5) is 5.00 Å². The van der Waals surface area contributed by atoms with Crippen molar-refractivity contribution < 1.29 is 14.3 Å². The van der Waals surface area contributed by atoms with E-state index < -0.39 is 0 Å². The van der Waals surface area contributed by atoms with Gasteiger partial charge < -0.3 is 14.8 Å². The fourth-order valence-corrected chi connectivity index (χ4v) is 5.05. The van der Waals surface area contributed by atoms with Crippen molar-refractivity contribution in [3.8, 4) is 5.75 Å². The van der Waals surface area contributed by atoms with Gasteiger partial charge in [0.05, 0.1) is 26.2 Å². The molecular weight excluding hydrogens is 372 g/mol. The smallest absolute Gasteiger partial charge is 0.229 e. The van der Waals surface area contributed by atoms with E-state index in [2.05, 4.69) is 5.32 Å². The van der Waals surface area contributed by atoms with Gasteiger partial charge in [0.15, 0.2) is 0 Å². The quantitative estimate of drug-likeness (QED) is 0.430. The molecule has 0 atom stereocenters. The Morgan fingerprint density at radius 1 is 1.18 bits per heavy atom. The predicted octanol–water partition coefficient (Wildman–Crippen LogP) is 4.80. The van der Waals surface area contributed by atoms with Crippen molar-refractivity contribution in [1.82, 2.24) is 0 Å². The standard InChI is InChI=1S/C22H28N2O3S/c1-13-10-15(11-17(26-3)14(13)2)12-19(25)24-22-20(21(23)27-4)16-8-6-5-7-9-18(16)28-22/h10-11,23H,5-9,12H2,1-4H3,(H,24,25). The van der Waals surface area contributed by atoms with E-state index in [1.165, 1.54) is 24.0 Å². The van der Waals surface area contributed by atoms with Crippen molar-refractivity contribution in [1.29, 1.82) is 5.41 Å². The van der Waals surface area contributed by atoms with Crippen LogP contribution >= 0.6 is 11.3 Å². The van der Waals surface area contributed by atoms with Crippen LogP contribution in [-0.2, 0) is 28.8 Å². The first-order valence-corrected chi connectivity index (χ1v) is 10.5. The topological polar surface area (TPSA) is 71.4 Å². The maximum absolute atomic E-state index is 12.8. The molecule has 1 aromatic carbocycles. The molecule has 0 spiro atoms. The number of nitrogens with one attached hydrogen (secondary N) is 2. The number of thiophene rings is 1. The Bertz CT molecular complexity index is 902. The Hall–Kier alpha value is -2.34. The summed E-state index contributed by atoms with van der Waals surface area (Å²) in [5, 5.41) is 12.0. The zero-order chi connectivity index (χ0) is 20.3. The molecule has 0 aliphatic heterocycles. The summed E-state index contributed by atoms with van der Waals surface area (Å²) in [6, 6.07) is 3.95. The molecule has 28 heavy (non-hydrogen) atoms. The van der Waals surface area contributed by atoms with Gasteiger partial charge in [0.2, 0.25) is 11.8 Å². The number of rotatable bonds is 5. The zero-order valence-corrected chi connectivity index (χ0v) is 17.8. The summed E-state index contributed by atoms with van der Waals surface area (Å²) in [6.45, 7) is 4.03. The van der Waals surface area contributed by atoms with Crippen molar-refractivity contribution in [2.75, 3.05) is 19.5 Å². The average molecular weight is 401 g/mol. The molecule has 0 saturated carbocycles. The second kappa shape index (κ2) is 8.78. The summed E-state index contributed by atoms with van der Waals surface area (Å²) in [4.78, 5) is 14.0. The van der Waals surface area contributed by atoms with Gasteiger partial charge in [-0.25, -0.2) is 0 Å². The summed E-state index contributed by atoms with van der Waals surface area (Å²) in [5.41, 5.74) is 5.04. The highest BCUT2D eigenvalue weighted by molar-refractivity contribution is 7.17. The van der Waals surface area contributed by atoms with Crippen molar-refractivity contribution >= 4 is 28.1 Å². The second-order valence-electron chi connectivity index (χ2n) is 7.27. The third-order valence-electron chi connectivity index (χ3n) is 5.37. The van der Waals surface area contributed by atoms with E-state index in [1.807, 2.05) is 26.0 Å². The Kier molecular flexibility index (Phi) is 6.39. The maximum atomic E-state index is 12.8. The van der Waals surface area contributed by atoms with Crippen molar-refractivity contribution in [3.05, 3.63) is 44.8 Å². The van der Waals surface area contributed by atoms with Crippen LogP contribution in [0.15, 0.2) is 12.1 Å². The number of aryl methyl sites for hydroxylation is 2. The lowest BCUT2D eigenvalue weighted by Crippen LogP contribution is -2.16. The molecule has 0 saturated heterocycles. The fourth-order valence-electron chi connectivity index (χ4n) is 3.74. The first-order chi connectivity index (χ1) is 13.4. The number of fused-ring (bicyclic) bond motifs is 1. The normalized spacial score (nSPS) is 13.4. The molecule has 2 N–H and O–H groups in total. The van der Waals surface area contributed by atoms with E-state index in [0.717, 1.165) is 58.7 Å². The van der Waals surface area contributed by atoms with Gasteiger partial charge in [-0.2, -0.15) is 0 Å². The largest absolute Gasteiger partial charge is 0.496 e. The Labute approximate surface area is 170 Å². The van der Waals surface area contributed by atoms with Gasteiger partial charge in [-0.1, -0.05) is 12.5 Å². The van der Waals surface area contributed by atoms with Crippen molar-refractivity contribution in [2.24, 2.45) is 0 Å². The van der Waals surface area contributed by atoms with Gasteiger partial charge in [0.1, 0.15) is 10.8 Å². The third-order valence-corrected chi connectivity index (χ3v) is 6.58. The Balaban J connectivity index is 1.84. The van der Waals surface area contributed by atoms with Crippen LogP contribution in [0.25, 0.3) is 0 Å². The molecule has 0 unspecified atom stereocenters. The van der Waals surface area contributed by atoms with Gasteiger partial charge in [-0.15, -0.1) is 11.3 Å². The van der Waals surface area contributed by atoms with Gasteiger partial charge in [-0.3, -0.25) is 10.2 Å². The molecule has 5 nitrogen and oxygen atoms in total. The number of amides is 1. The van der Waals surface area contributed by atoms with Crippen LogP contribution in [-0.4, -0.2) is 26.0 Å². The molecule has 0 fully saturated rings. The molecule has 150 valence electrons. The van der Waals surface area contributed by atoms with E-state index in [4.69, 9.17) is 14.9 Å². The molecule has 1 aliphatic rings. The SMILES string of the molecule is COC(=N)c1c(NC(=O)Cc2cc(C)c(C)c(OC)c2)sc2c1CCCCC2. The number of carbonyl (C=O) groups excluding carboxylic acids is 1. The summed E-state index contributed by atoms with van der Waals surface area (Å²) in [6.07, 6.45) is 5.69. The highest BCUT2D eigenvalue weighted by Crippen LogP contribution is 2.38. The lowest BCUT2D eigenvalue weighted by atomic mass is 10.0. The molecule has 6 heteroatoms. The number of ether oxygens (including phenoxy) is 2. The zero-order valence-electron chi connectivity index (χ0n) is 17.0. The van der Waals surface area contributed by atoms with E-state index >= 15 is 0 Å². The van der Waals surface area contributed by atoms with Gasteiger partial charge in [0, 0.05) is 4.88 Å². The lowest BCUT2D eigenvalue weighted by Gasteiger charge is -2.12. The summed E-state index contributed by atoms with van der Waals surface area (Å²) in [7, 11) is 3.16. The number of hydrogen-bond donors (Lipinski definition) is 2. The second-order valence-corrected chi connectivity index (χ2v) is 8.37. The third kappa shape index (κ3) is 4.22. The fraction of sp³-hybridized carbons (Fsp3) is 0.455. The van der Waals surface area contributed by atoms with E-state index in [0.29, 0.717) is 0 Å². The highest BCUT2D eigenvalue weighted by atomic mass is 32.1. The van der Waals surface area contributed by atoms with E-state index in [-0.39, 0.29) is 18.2 Å². The number of methoxy groups -OCH3 is 2. The van der Waals surface area contributed by atoms with Crippen molar-refractivity contribution in [3.63, 3.8) is 0 Å². The summed E-state index contributed by atoms with van der Waals surface area (Å²) in [5.74, 6) is 0.835. The van der Waals surface area contributed by atoms with E-state index in [1.54, 1.807) is 18.4 Å². The van der Waals surface area contributed by atoms with Gasteiger partial charge >= 0.3 is 0 Å². The van der Waals surface area contributed by atoms with Crippen LogP contribution in [0.2, 0.25) is 0 Å². The molecule has 1 amide bonds. The molecule has 1 aromatic heterocycles. The average Bonchev–Trinajstić information content (AvgIpc) is 2.84. The molecule has 3 rings (SSSR count). The van der Waals surface area contributed by atoms with Crippen LogP contribution in [0.3, 0.4) is 0 Å². The minimum atomic E-state index is -0.0909. The van der Waals surface area contributed by atoms with Crippen LogP contribution in [0.1, 0.15) is 52.0 Å². The van der Waals surface area contributed by atoms with Gasteiger partial charge in [0.25, 0.3) is 0 Å². The monoisotopic (exact) mass is 400 g/mol. The van der Waals surface area contributed by atoms with Crippen LogP contribution < -0.4 is 10.1 Å². The number of hydrogen-bond acceptors (Lipinski definition) is 5. The number of benzene rings is 1. The maximum Gasteiger partial charge on any atom is 0.229 e. The summed E-state index contributed by atoms with van der Waals surface area (Å²) >= 11 is 1.59.